The smallest absolute Gasteiger partial charge is 0.254 e. The quantitative estimate of drug-likeness (QED) is 0.854. The molecule has 1 aromatic rings. The van der Waals surface area contributed by atoms with E-state index in [0.29, 0.717) is 17.6 Å². The fourth-order valence-electron chi connectivity index (χ4n) is 1.03. The van der Waals surface area contributed by atoms with Crippen LogP contribution in [0.15, 0.2) is 22.7 Å². The minimum atomic E-state index is -0.534. The van der Waals surface area contributed by atoms with Crippen LogP contribution in [-0.2, 0) is 4.74 Å². The van der Waals surface area contributed by atoms with Crippen molar-refractivity contribution in [3.05, 3.63) is 34.1 Å². The zero-order valence-corrected chi connectivity index (χ0v) is 9.80. The minimum absolute atomic E-state index is 0.0282. The molecule has 82 valence electrons. The summed E-state index contributed by atoms with van der Waals surface area (Å²) in [4.78, 5) is 11.5. The van der Waals surface area contributed by atoms with E-state index in [4.69, 9.17) is 4.74 Å². The van der Waals surface area contributed by atoms with Gasteiger partial charge in [0.1, 0.15) is 5.82 Å². The van der Waals surface area contributed by atoms with E-state index >= 15 is 0 Å². The van der Waals surface area contributed by atoms with Crippen molar-refractivity contribution in [3.63, 3.8) is 0 Å². The number of carbonyl (C=O) groups excluding carboxylic acids is 1. The Labute approximate surface area is 95.7 Å². The summed E-state index contributed by atoms with van der Waals surface area (Å²) in [6, 6.07) is 4.23. The van der Waals surface area contributed by atoms with Crippen molar-refractivity contribution in [1.29, 1.82) is 0 Å². The van der Waals surface area contributed by atoms with Gasteiger partial charge in [-0.2, -0.15) is 0 Å². The van der Waals surface area contributed by atoms with Gasteiger partial charge in [0.25, 0.3) is 5.91 Å². The molecular formula is C10H11BrFNO2. The number of nitrogens with one attached hydrogen (secondary N) is 1. The van der Waals surface area contributed by atoms with Gasteiger partial charge < -0.3 is 10.1 Å². The number of rotatable bonds is 4. The van der Waals surface area contributed by atoms with Gasteiger partial charge in [0.15, 0.2) is 0 Å². The fourth-order valence-corrected chi connectivity index (χ4v) is 1.39. The van der Waals surface area contributed by atoms with Crippen molar-refractivity contribution in [2.45, 2.75) is 0 Å². The zero-order chi connectivity index (χ0) is 11.3. The molecule has 15 heavy (non-hydrogen) atoms. The molecule has 0 bridgehead atoms. The fraction of sp³-hybridized carbons (Fsp3) is 0.300. The van der Waals surface area contributed by atoms with Gasteiger partial charge in [0.05, 0.1) is 12.2 Å². The number of ether oxygens (including phenoxy) is 1. The largest absolute Gasteiger partial charge is 0.383 e. The molecule has 0 saturated heterocycles. The van der Waals surface area contributed by atoms with Crippen molar-refractivity contribution < 1.29 is 13.9 Å². The van der Waals surface area contributed by atoms with E-state index in [1.165, 1.54) is 19.2 Å². The maximum absolute atomic E-state index is 13.2. The van der Waals surface area contributed by atoms with Crippen LogP contribution in [0.5, 0.6) is 0 Å². The highest BCUT2D eigenvalue weighted by Gasteiger charge is 2.10. The lowest BCUT2D eigenvalue weighted by Crippen LogP contribution is -2.27. The summed E-state index contributed by atoms with van der Waals surface area (Å²) in [5.41, 5.74) is 0.0282. The van der Waals surface area contributed by atoms with Crippen LogP contribution in [0.4, 0.5) is 4.39 Å². The van der Waals surface area contributed by atoms with Crippen molar-refractivity contribution in [2.75, 3.05) is 20.3 Å². The predicted molar refractivity (Wildman–Crippen MR) is 58.3 cm³/mol. The maximum atomic E-state index is 13.2. The van der Waals surface area contributed by atoms with Gasteiger partial charge in [-0.15, -0.1) is 0 Å². The van der Waals surface area contributed by atoms with Gasteiger partial charge >= 0.3 is 0 Å². The van der Waals surface area contributed by atoms with E-state index in [9.17, 15) is 9.18 Å². The minimum Gasteiger partial charge on any atom is -0.383 e. The highest BCUT2D eigenvalue weighted by molar-refractivity contribution is 9.10. The van der Waals surface area contributed by atoms with E-state index in [0.717, 1.165) is 0 Å². The van der Waals surface area contributed by atoms with Crippen LogP contribution in [0, 0.1) is 5.82 Å². The van der Waals surface area contributed by atoms with Gasteiger partial charge in [-0.1, -0.05) is 15.9 Å². The molecule has 1 amide bonds. The lowest BCUT2D eigenvalue weighted by atomic mass is 10.2. The molecule has 5 heteroatoms. The monoisotopic (exact) mass is 275 g/mol. The van der Waals surface area contributed by atoms with Gasteiger partial charge in [0, 0.05) is 18.1 Å². The lowest BCUT2D eigenvalue weighted by molar-refractivity contribution is 0.0933. The van der Waals surface area contributed by atoms with E-state index in [1.54, 1.807) is 6.07 Å². The van der Waals surface area contributed by atoms with Crippen LogP contribution in [0.3, 0.4) is 0 Å². The molecule has 0 fully saturated rings. The van der Waals surface area contributed by atoms with Gasteiger partial charge in [-0.25, -0.2) is 4.39 Å². The highest BCUT2D eigenvalue weighted by atomic mass is 79.9. The molecule has 1 aromatic carbocycles. The number of hydrogen-bond donors (Lipinski definition) is 1. The molecular weight excluding hydrogens is 265 g/mol. The standard InChI is InChI=1S/C10H11BrFNO2/c1-15-5-4-13-10(14)8-6-7(11)2-3-9(8)12/h2-3,6H,4-5H2,1H3,(H,13,14). The Balaban J connectivity index is 2.68. The van der Waals surface area contributed by atoms with Crippen LogP contribution >= 0.6 is 15.9 Å². The van der Waals surface area contributed by atoms with Gasteiger partial charge in [-0.05, 0) is 18.2 Å². The van der Waals surface area contributed by atoms with Crippen LogP contribution in [-0.4, -0.2) is 26.2 Å². The first kappa shape index (κ1) is 12.1. The number of methoxy groups -OCH3 is 1. The molecule has 0 aliphatic rings. The normalized spacial score (nSPS) is 10.1. The summed E-state index contributed by atoms with van der Waals surface area (Å²) in [6.45, 7) is 0.767. The summed E-state index contributed by atoms with van der Waals surface area (Å²) in [6.07, 6.45) is 0. The molecule has 1 rings (SSSR count). The van der Waals surface area contributed by atoms with Crippen LogP contribution in [0.1, 0.15) is 10.4 Å². The van der Waals surface area contributed by atoms with Crippen molar-refractivity contribution in [2.24, 2.45) is 0 Å². The first-order chi connectivity index (χ1) is 7.15. The molecule has 0 unspecified atom stereocenters. The highest BCUT2D eigenvalue weighted by Crippen LogP contribution is 2.15. The van der Waals surface area contributed by atoms with Gasteiger partial charge in [0.2, 0.25) is 0 Å². The molecule has 0 spiro atoms. The Morgan fingerprint density at radius 1 is 1.60 bits per heavy atom. The number of hydrogen-bond acceptors (Lipinski definition) is 2. The molecule has 0 aliphatic carbocycles. The van der Waals surface area contributed by atoms with Gasteiger partial charge in [-0.3, -0.25) is 4.79 Å². The van der Waals surface area contributed by atoms with Crippen LogP contribution in [0.2, 0.25) is 0 Å². The Bertz CT molecular complexity index is 357. The Kier molecular flexibility index (Phi) is 4.71. The topological polar surface area (TPSA) is 38.3 Å². The SMILES string of the molecule is COCCNC(=O)c1cc(Br)ccc1F. The molecule has 0 atom stereocenters. The summed E-state index contributed by atoms with van der Waals surface area (Å²) < 4.78 is 18.6. The summed E-state index contributed by atoms with van der Waals surface area (Å²) >= 11 is 3.18. The molecule has 0 saturated carbocycles. The van der Waals surface area contributed by atoms with Crippen molar-refractivity contribution in [3.8, 4) is 0 Å². The third kappa shape index (κ3) is 3.60. The maximum Gasteiger partial charge on any atom is 0.254 e. The second-order valence-corrected chi connectivity index (χ2v) is 3.79. The van der Waals surface area contributed by atoms with E-state index in [1.807, 2.05) is 0 Å². The molecule has 1 N–H and O–H groups in total. The molecule has 0 aromatic heterocycles. The van der Waals surface area contributed by atoms with E-state index in [2.05, 4.69) is 21.2 Å². The number of carbonyl (C=O) groups is 1. The average Bonchev–Trinajstić information content (AvgIpc) is 2.22. The Morgan fingerprint density at radius 2 is 2.33 bits per heavy atom. The predicted octanol–water partition coefficient (Wildman–Crippen LogP) is 1.96. The third-order valence-corrected chi connectivity index (χ3v) is 2.26. The van der Waals surface area contributed by atoms with Crippen LogP contribution in [0.25, 0.3) is 0 Å². The summed E-state index contributed by atoms with van der Waals surface area (Å²) in [5.74, 6) is -0.973. The Hall–Kier alpha value is -0.940. The molecule has 0 aliphatic heterocycles. The molecule has 0 heterocycles. The molecule has 0 radical (unpaired) electrons. The molecule has 3 nitrogen and oxygen atoms in total. The third-order valence-electron chi connectivity index (χ3n) is 1.76. The van der Waals surface area contributed by atoms with Crippen LogP contribution < -0.4 is 5.32 Å². The van der Waals surface area contributed by atoms with E-state index < -0.39 is 11.7 Å². The number of benzene rings is 1. The van der Waals surface area contributed by atoms with Crippen molar-refractivity contribution >= 4 is 21.8 Å². The summed E-state index contributed by atoms with van der Waals surface area (Å²) in [5, 5.41) is 2.54. The van der Waals surface area contributed by atoms with E-state index in [-0.39, 0.29) is 5.56 Å². The second kappa shape index (κ2) is 5.82. The first-order valence-corrected chi connectivity index (χ1v) is 5.16. The summed E-state index contributed by atoms with van der Waals surface area (Å²) in [7, 11) is 1.53. The number of amides is 1. The first-order valence-electron chi connectivity index (χ1n) is 4.37. The lowest BCUT2D eigenvalue weighted by Gasteiger charge is -2.05. The number of halogens is 2. The zero-order valence-electron chi connectivity index (χ0n) is 8.22. The average molecular weight is 276 g/mol. The van der Waals surface area contributed by atoms with Crippen molar-refractivity contribution in [1.82, 2.24) is 5.32 Å². The second-order valence-electron chi connectivity index (χ2n) is 2.87. The Morgan fingerprint density at radius 3 is 3.00 bits per heavy atom.